The monoisotopic (exact) mass is 432 g/mol. The molecule has 2 saturated carbocycles. The van der Waals surface area contributed by atoms with Crippen LogP contribution >= 0.6 is 0 Å². The summed E-state index contributed by atoms with van der Waals surface area (Å²) in [5.74, 6) is 3.79. The molecule has 0 radical (unpaired) electrons. The zero-order valence-corrected chi connectivity index (χ0v) is 19.2. The number of phenols is 1. The van der Waals surface area contributed by atoms with Crippen molar-refractivity contribution in [2.45, 2.75) is 51.4 Å². The highest BCUT2D eigenvalue weighted by Crippen LogP contribution is 2.60. The molecule has 2 fully saturated rings. The first-order valence-corrected chi connectivity index (χ1v) is 11.7. The molecular weight excluding hydrogens is 400 g/mol. The zero-order valence-electron chi connectivity index (χ0n) is 19.2. The van der Waals surface area contributed by atoms with Crippen molar-refractivity contribution in [1.29, 1.82) is 0 Å². The molecular formula is C27H32N2O3. The average molecular weight is 433 g/mol. The lowest BCUT2D eigenvalue weighted by molar-refractivity contribution is 0.0955. The highest BCUT2D eigenvalue weighted by atomic mass is 16.5. The van der Waals surface area contributed by atoms with Gasteiger partial charge in [0.15, 0.2) is 11.5 Å². The maximum absolute atomic E-state index is 9.89. The third kappa shape index (κ3) is 3.48. The highest BCUT2D eigenvalue weighted by Gasteiger charge is 2.53. The summed E-state index contributed by atoms with van der Waals surface area (Å²) < 4.78 is 10.7. The van der Waals surface area contributed by atoms with Gasteiger partial charge in [0.2, 0.25) is 0 Å². The van der Waals surface area contributed by atoms with Gasteiger partial charge in [-0.2, -0.15) is 10.2 Å². The Kier molecular flexibility index (Phi) is 5.44. The van der Waals surface area contributed by atoms with Crippen LogP contribution in [0.4, 0.5) is 0 Å². The van der Waals surface area contributed by atoms with E-state index in [2.05, 4.69) is 18.1 Å². The molecule has 1 N–H and O–H groups in total. The smallest absolute Gasteiger partial charge is 0.161 e. The minimum atomic E-state index is 0.143. The summed E-state index contributed by atoms with van der Waals surface area (Å²) in [5, 5.41) is 19.1. The summed E-state index contributed by atoms with van der Waals surface area (Å²) >= 11 is 0. The summed E-state index contributed by atoms with van der Waals surface area (Å²) in [5.41, 5.74) is 5.17. The van der Waals surface area contributed by atoms with Gasteiger partial charge < -0.3 is 14.6 Å². The zero-order chi connectivity index (χ0) is 22.3. The van der Waals surface area contributed by atoms with Gasteiger partial charge in [-0.05, 0) is 103 Å². The van der Waals surface area contributed by atoms with Gasteiger partial charge in [-0.3, -0.25) is 0 Å². The lowest BCUT2D eigenvalue weighted by Crippen LogP contribution is -2.42. The Morgan fingerprint density at radius 1 is 1.00 bits per heavy atom. The van der Waals surface area contributed by atoms with E-state index in [0.29, 0.717) is 35.0 Å². The molecule has 2 aromatic carbocycles. The summed E-state index contributed by atoms with van der Waals surface area (Å²) in [6.07, 6.45) is 8.68. The minimum Gasteiger partial charge on any atom is -0.508 e. The van der Waals surface area contributed by atoms with Gasteiger partial charge in [-0.1, -0.05) is 13.0 Å². The van der Waals surface area contributed by atoms with Crippen molar-refractivity contribution in [3.8, 4) is 17.2 Å². The van der Waals surface area contributed by atoms with Crippen molar-refractivity contribution >= 4 is 11.9 Å². The van der Waals surface area contributed by atoms with Crippen LogP contribution in [0.25, 0.3) is 0 Å². The molecule has 0 amide bonds. The molecule has 0 aliphatic heterocycles. The van der Waals surface area contributed by atoms with Crippen LogP contribution < -0.4 is 9.47 Å². The highest BCUT2D eigenvalue weighted by molar-refractivity contribution is 5.93. The van der Waals surface area contributed by atoms with E-state index < -0.39 is 0 Å². The summed E-state index contributed by atoms with van der Waals surface area (Å²) in [6, 6.07) is 11.8. The van der Waals surface area contributed by atoms with E-state index in [1.807, 2.05) is 30.3 Å². The third-order valence-electron chi connectivity index (χ3n) is 8.24. The second kappa shape index (κ2) is 8.27. The van der Waals surface area contributed by atoms with Crippen molar-refractivity contribution in [3.05, 3.63) is 53.1 Å². The van der Waals surface area contributed by atoms with Crippen LogP contribution in [0.2, 0.25) is 0 Å². The predicted molar refractivity (Wildman–Crippen MR) is 127 cm³/mol. The lowest BCUT2D eigenvalue weighted by Gasteiger charge is -2.49. The van der Waals surface area contributed by atoms with Crippen LogP contribution in [0.15, 0.2) is 46.6 Å². The lowest BCUT2D eigenvalue weighted by atomic mass is 9.55. The molecule has 2 aromatic rings. The normalized spacial score (nSPS) is 30.1. The van der Waals surface area contributed by atoms with Crippen LogP contribution in [0, 0.1) is 17.3 Å². The van der Waals surface area contributed by atoms with E-state index in [9.17, 15) is 5.11 Å². The summed E-state index contributed by atoms with van der Waals surface area (Å²) in [6.45, 7) is 2.41. The SMILES string of the molecule is COc1ccc(/C=N\N=C2\CC[C@@H]3[C@@H]4CCc5cc(O)ccc5[C@H]4CC[C@]23C)cc1OC. The van der Waals surface area contributed by atoms with E-state index in [-0.39, 0.29) is 5.41 Å². The van der Waals surface area contributed by atoms with Crippen molar-refractivity contribution < 1.29 is 14.6 Å². The molecule has 0 bridgehead atoms. The van der Waals surface area contributed by atoms with Crippen LogP contribution in [0.5, 0.6) is 17.2 Å². The Morgan fingerprint density at radius 3 is 2.66 bits per heavy atom. The second-order valence-corrected chi connectivity index (χ2v) is 9.70. The van der Waals surface area contributed by atoms with Crippen LogP contribution in [0.3, 0.4) is 0 Å². The number of aryl methyl sites for hydroxylation is 1. The maximum Gasteiger partial charge on any atom is 0.161 e. The van der Waals surface area contributed by atoms with Crippen molar-refractivity contribution in [2.75, 3.05) is 14.2 Å². The summed E-state index contributed by atoms with van der Waals surface area (Å²) in [4.78, 5) is 0. The Balaban J connectivity index is 1.35. The third-order valence-corrected chi connectivity index (χ3v) is 8.24. The maximum atomic E-state index is 9.89. The van der Waals surface area contributed by atoms with Gasteiger partial charge in [-0.15, -0.1) is 0 Å². The molecule has 168 valence electrons. The number of rotatable bonds is 4. The Labute approximate surface area is 190 Å². The van der Waals surface area contributed by atoms with Crippen LogP contribution in [-0.4, -0.2) is 31.3 Å². The van der Waals surface area contributed by atoms with E-state index in [1.54, 1.807) is 20.4 Å². The molecule has 4 atom stereocenters. The number of nitrogens with zero attached hydrogens (tertiary/aromatic N) is 2. The standard InChI is InChI=1S/C27H32N2O3/c1-27-13-12-21-20-8-6-19(30)15-18(20)5-7-22(21)23(27)9-11-26(27)29-28-16-17-4-10-24(31-2)25(14-17)32-3/h4,6,8,10,14-16,21-23,30H,5,7,9,11-13H2,1-3H3/b28-16-,29-26-/t21-,22-,23-,27+/m1/s1. The van der Waals surface area contributed by atoms with Gasteiger partial charge in [0.1, 0.15) is 5.75 Å². The number of aromatic hydroxyl groups is 1. The molecule has 5 rings (SSSR count). The van der Waals surface area contributed by atoms with E-state index in [4.69, 9.17) is 14.6 Å². The number of phenolic OH excluding ortho intramolecular Hbond substituents is 1. The predicted octanol–water partition coefficient (Wildman–Crippen LogP) is 5.74. The molecule has 5 heteroatoms. The van der Waals surface area contributed by atoms with Gasteiger partial charge in [0.25, 0.3) is 0 Å². The molecule has 0 spiro atoms. The van der Waals surface area contributed by atoms with Gasteiger partial charge in [-0.25, -0.2) is 0 Å². The molecule has 0 aromatic heterocycles. The van der Waals surface area contributed by atoms with Crippen molar-refractivity contribution in [3.63, 3.8) is 0 Å². The molecule has 0 unspecified atom stereocenters. The average Bonchev–Trinajstić information content (AvgIpc) is 3.15. The molecule has 32 heavy (non-hydrogen) atoms. The van der Waals surface area contributed by atoms with Gasteiger partial charge >= 0.3 is 0 Å². The molecule has 0 heterocycles. The fourth-order valence-electron chi connectivity index (χ4n) is 6.62. The first kappa shape index (κ1) is 21.0. The van der Waals surface area contributed by atoms with E-state index >= 15 is 0 Å². The Hall–Kier alpha value is -2.82. The number of benzene rings is 2. The Morgan fingerprint density at radius 2 is 1.84 bits per heavy atom. The summed E-state index contributed by atoms with van der Waals surface area (Å²) in [7, 11) is 3.28. The van der Waals surface area contributed by atoms with E-state index in [1.165, 1.54) is 36.1 Å². The van der Waals surface area contributed by atoms with Crippen LogP contribution in [0.1, 0.15) is 61.6 Å². The largest absolute Gasteiger partial charge is 0.508 e. The Bertz CT molecular complexity index is 1080. The van der Waals surface area contributed by atoms with Gasteiger partial charge in [0.05, 0.1) is 20.4 Å². The van der Waals surface area contributed by atoms with Crippen LogP contribution in [-0.2, 0) is 6.42 Å². The second-order valence-electron chi connectivity index (χ2n) is 9.70. The molecule has 3 aliphatic rings. The first-order valence-electron chi connectivity index (χ1n) is 11.7. The topological polar surface area (TPSA) is 63.4 Å². The van der Waals surface area contributed by atoms with Crippen molar-refractivity contribution in [2.24, 2.45) is 27.5 Å². The fraction of sp³-hybridized carbons (Fsp3) is 0.481. The quantitative estimate of drug-likeness (QED) is 0.495. The number of hydrogen-bond donors (Lipinski definition) is 1. The minimum absolute atomic E-state index is 0.143. The molecule has 3 aliphatic carbocycles. The number of methoxy groups -OCH3 is 2. The fourth-order valence-corrected chi connectivity index (χ4v) is 6.62. The first-order chi connectivity index (χ1) is 15.5. The number of ether oxygens (including phenoxy) is 2. The molecule has 0 saturated heterocycles. The van der Waals surface area contributed by atoms with Gasteiger partial charge in [0, 0.05) is 11.1 Å². The van der Waals surface area contributed by atoms with Crippen molar-refractivity contribution in [1.82, 2.24) is 0 Å². The van der Waals surface area contributed by atoms with E-state index in [0.717, 1.165) is 24.8 Å². The number of hydrogen-bond acceptors (Lipinski definition) is 5. The number of fused-ring (bicyclic) bond motifs is 5. The molecule has 5 nitrogen and oxygen atoms in total.